The number of amides is 3. The van der Waals surface area contributed by atoms with Crippen LogP contribution in [0.2, 0.25) is 5.02 Å². The van der Waals surface area contributed by atoms with Crippen LogP contribution in [0.3, 0.4) is 0 Å². The van der Waals surface area contributed by atoms with Crippen LogP contribution in [0, 0.1) is 28.1 Å². The number of hydrogen-bond donors (Lipinski definition) is 2. The van der Waals surface area contributed by atoms with E-state index in [1.807, 2.05) is 36.4 Å². The topological polar surface area (TPSA) is 166 Å². The fourth-order valence-corrected chi connectivity index (χ4v) is 10.2. The lowest BCUT2D eigenvalue weighted by Gasteiger charge is -2.63. The molecule has 4 aliphatic rings. The number of piperazine rings is 1. The fourth-order valence-electron chi connectivity index (χ4n) is 10.0. The number of piperidine rings is 2. The third-order valence-electron chi connectivity index (χ3n) is 13.0. The molecule has 4 aromatic rings. The number of ether oxygens (including phenoxy) is 1. The predicted molar refractivity (Wildman–Crippen MR) is 225 cm³/mol. The van der Waals surface area contributed by atoms with Gasteiger partial charge < -0.3 is 19.9 Å². The molecule has 59 heavy (non-hydrogen) atoms. The van der Waals surface area contributed by atoms with E-state index >= 15 is 0 Å². The molecule has 0 radical (unpaired) electrons. The maximum atomic E-state index is 13.7. The van der Waals surface area contributed by atoms with Gasteiger partial charge in [-0.15, -0.1) is 5.10 Å². The Kier molecular flexibility index (Phi) is 10.9. The average Bonchev–Trinajstić information content (AvgIpc) is 3.22. The van der Waals surface area contributed by atoms with Gasteiger partial charge in [-0.05, 0) is 73.7 Å². The Hall–Kier alpha value is -5.52. The molecule has 1 unspecified atom stereocenters. The van der Waals surface area contributed by atoms with Crippen LogP contribution in [0.1, 0.15) is 75.3 Å². The summed E-state index contributed by atoms with van der Waals surface area (Å²) in [4.78, 5) is 58.6. The first-order valence-corrected chi connectivity index (χ1v) is 20.8. The number of fused-ring (bicyclic) bond motifs is 1. The number of hydrogen-bond acceptors (Lipinski definition) is 11. The van der Waals surface area contributed by atoms with Gasteiger partial charge in [0, 0.05) is 86.4 Å². The molecule has 1 atom stereocenters. The van der Waals surface area contributed by atoms with E-state index in [9.17, 15) is 24.4 Å². The lowest BCUT2D eigenvalue weighted by molar-refractivity contribution is -0.164. The van der Waals surface area contributed by atoms with E-state index in [0.717, 1.165) is 74.7 Å². The highest BCUT2D eigenvalue weighted by molar-refractivity contribution is 6.31. The van der Waals surface area contributed by atoms with Crippen molar-refractivity contribution in [2.24, 2.45) is 16.7 Å². The smallest absolute Gasteiger partial charge is 0.280 e. The zero-order chi connectivity index (χ0) is 41.6. The van der Waals surface area contributed by atoms with Crippen LogP contribution in [0.4, 0.5) is 11.4 Å². The van der Waals surface area contributed by atoms with Crippen LogP contribution in [0.5, 0.6) is 5.75 Å². The molecule has 1 aromatic heterocycles. The fraction of sp³-hybridized carbons (Fsp3) is 0.477. The molecule has 308 valence electrons. The highest BCUT2D eigenvalue weighted by Crippen LogP contribution is 2.55. The van der Waals surface area contributed by atoms with Crippen molar-refractivity contribution in [1.29, 1.82) is 5.26 Å². The molecule has 0 spiro atoms. The Labute approximate surface area is 348 Å². The number of carbonyl (C=O) groups is 3. The predicted octanol–water partition coefficient (Wildman–Crippen LogP) is 4.94. The molecular weight excluding hydrogens is 770 g/mol. The molecule has 3 aromatic carbocycles. The van der Waals surface area contributed by atoms with Crippen molar-refractivity contribution in [3.05, 3.63) is 87.2 Å². The molecule has 4 heterocycles. The molecule has 1 aliphatic carbocycles. The van der Waals surface area contributed by atoms with Crippen molar-refractivity contribution < 1.29 is 19.1 Å². The van der Waals surface area contributed by atoms with Crippen LogP contribution >= 0.6 is 11.6 Å². The number of anilines is 2. The molecule has 1 saturated carbocycles. The Morgan fingerprint density at radius 1 is 0.932 bits per heavy atom. The molecule has 3 aliphatic heterocycles. The monoisotopic (exact) mass is 819 g/mol. The van der Waals surface area contributed by atoms with Crippen molar-refractivity contribution in [2.45, 2.75) is 71.6 Å². The normalized spacial score (nSPS) is 23.3. The SMILES string of the molecule is CC1(C)C(NC(=O)c2ccc(N3CCN(CC4CCN(c5cccc6nnn(C7CCC(=O)NC7=O)c(=O)c56)CC4)CC3)cc2)C(C)(C)C1Oc1ccc(C#N)c(Cl)c1. The Bertz CT molecular complexity index is 2360. The summed E-state index contributed by atoms with van der Waals surface area (Å²) in [5.41, 5.74) is 2.34. The molecule has 0 bridgehead atoms. The third kappa shape index (κ3) is 7.74. The minimum Gasteiger partial charge on any atom is -0.489 e. The number of benzene rings is 3. The number of rotatable bonds is 9. The molecular formula is C44H50ClN9O5. The van der Waals surface area contributed by atoms with Gasteiger partial charge >= 0.3 is 0 Å². The third-order valence-corrected chi connectivity index (χ3v) is 13.3. The van der Waals surface area contributed by atoms with Crippen LogP contribution in [-0.4, -0.2) is 95.6 Å². The summed E-state index contributed by atoms with van der Waals surface area (Å²) in [5, 5.41) is 24.0. The van der Waals surface area contributed by atoms with E-state index in [2.05, 4.69) is 69.4 Å². The molecule has 3 amide bonds. The van der Waals surface area contributed by atoms with E-state index in [-0.39, 0.29) is 53.2 Å². The lowest BCUT2D eigenvalue weighted by atomic mass is 9.49. The van der Waals surface area contributed by atoms with Crippen molar-refractivity contribution >= 4 is 51.6 Å². The zero-order valence-electron chi connectivity index (χ0n) is 33.9. The first kappa shape index (κ1) is 40.3. The standard InChI is InChI=1S/C44H50ClN9O5/c1-43(2)41(44(3,4)42(43)59-31-13-10-29(25-46)32(45)24-31)48-38(56)28-8-11-30(12-9-28)52-22-20-51(21-23-52)26-27-16-18-53(19-17-27)34-7-5-6-33-37(34)40(58)54(50-49-33)35-14-15-36(55)47-39(35)57/h5-13,24,27,35,41-42H,14-23,26H2,1-4H3,(H,48,56)(H,47,55,57). The lowest BCUT2D eigenvalue weighted by Crippen LogP contribution is -2.74. The average molecular weight is 820 g/mol. The van der Waals surface area contributed by atoms with E-state index in [1.54, 1.807) is 24.3 Å². The van der Waals surface area contributed by atoms with Crippen LogP contribution in [0.25, 0.3) is 10.9 Å². The largest absolute Gasteiger partial charge is 0.489 e. The second kappa shape index (κ2) is 15.9. The Morgan fingerprint density at radius 2 is 1.64 bits per heavy atom. The number of nitrogens with one attached hydrogen (secondary N) is 2. The number of aromatic nitrogens is 3. The van der Waals surface area contributed by atoms with Crippen LogP contribution in [0.15, 0.2) is 65.5 Å². The summed E-state index contributed by atoms with van der Waals surface area (Å²) in [5.74, 6) is 0.148. The van der Waals surface area contributed by atoms with Crippen molar-refractivity contribution in [3.8, 4) is 11.8 Å². The van der Waals surface area contributed by atoms with Crippen molar-refractivity contribution in [1.82, 2.24) is 30.5 Å². The van der Waals surface area contributed by atoms with E-state index in [4.69, 9.17) is 16.3 Å². The summed E-state index contributed by atoms with van der Waals surface area (Å²) in [7, 11) is 0. The van der Waals surface area contributed by atoms with Gasteiger partial charge in [0.25, 0.3) is 17.4 Å². The second-order valence-corrected chi connectivity index (χ2v) is 18.0. The zero-order valence-corrected chi connectivity index (χ0v) is 34.7. The number of carbonyl (C=O) groups excluding carboxylic acids is 3. The minimum absolute atomic E-state index is 0.114. The van der Waals surface area contributed by atoms with Crippen molar-refractivity contribution in [3.63, 3.8) is 0 Å². The highest BCUT2D eigenvalue weighted by Gasteiger charge is 2.64. The maximum Gasteiger partial charge on any atom is 0.280 e. The summed E-state index contributed by atoms with van der Waals surface area (Å²) < 4.78 is 7.52. The van der Waals surface area contributed by atoms with Gasteiger partial charge in [0.2, 0.25) is 5.91 Å². The molecule has 14 nitrogen and oxygen atoms in total. The molecule has 8 rings (SSSR count). The van der Waals surface area contributed by atoms with Gasteiger partial charge in [-0.1, -0.05) is 50.6 Å². The Balaban J connectivity index is 0.817. The van der Waals surface area contributed by atoms with Crippen LogP contribution in [-0.2, 0) is 9.59 Å². The molecule has 4 fully saturated rings. The Morgan fingerprint density at radius 3 is 2.31 bits per heavy atom. The van der Waals surface area contributed by atoms with Gasteiger partial charge in [-0.2, -0.15) is 9.94 Å². The quantitative estimate of drug-likeness (QED) is 0.220. The van der Waals surface area contributed by atoms with Gasteiger partial charge in [-0.25, -0.2) is 0 Å². The number of halogens is 1. The molecule has 2 N–H and O–H groups in total. The second-order valence-electron chi connectivity index (χ2n) is 17.5. The number of nitriles is 1. The highest BCUT2D eigenvalue weighted by atomic mass is 35.5. The molecule has 15 heteroatoms. The van der Waals surface area contributed by atoms with Gasteiger partial charge in [0.15, 0.2) is 0 Å². The number of imide groups is 1. The first-order chi connectivity index (χ1) is 28.2. The summed E-state index contributed by atoms with van der Waals surface area (Å²) >= 11 is 6.26. The summed E-state index contributed by atoms with van der Waals surface area (Å²) in [6.45, 7) is 14.7. The van der Waals surface area contributed by atoms with Gasteiger partial charge in [-0.3, -0.25) is 29.4 Å². The summed E-state index contributed by atoms with van der Waals surface area (Å²) in [6, 6.07) is 19.7. The van der Waals surface area contributed by atoms with Gasteiger partial charge in [0.1, 0.15) is 29.5 Å². The van der Waals surface area contributed by atoms with Crippen molar-refractivity contribution in [2.75, 3.05) is 55.6 Å². The van der Waals surface area contributed by atoms with Gasteiger partial charge in [0.05, 0.1) is 21.7 Å². The summed E-state index contributed by atoms with van der Waals surface area (Å²) in [6.07, 6.45) is 2.18. The minimum atomic E-state index is -0.861. The molecule has 3 saturated heterocycles. The number of nitrogens with zero attached hydrogens (tertiary/aromatic N) is 7. The maximum absolute atomic E-state index is 13.7. The van der Waals surface area contributed by atoms with E-state index in [0.29, 0.717) is 38.7 Å². The van der Waals surface area contributed by atoms with Crippen LogP contribution < -0.4 is 30.7 Å². The first-order valence-electron chi connectivity index (χ1n) is 20.5. The van der Waals surface area contributed by atoms with E-state index < -0.39 is 11.9 Å². The van der Waals surface area contributed by atoms with E-state index in [1.165, 1.54) is 0 Å².